The first-order chi connectivity index (χ1) is 15.2. The van der Waals surface area contributed by atoms with Gasteiger partial charge < -0.3 is 14.6 Å². The lowest BCUT2D eigenvalue weighted by Gasteiger charge is -2.07. The lowest BCUT2D eigenvalue weighted by atomic mass is 10.1. The van der Waals surface area contributed by atoms with E-state index >= 15 is 0 Å². The minimum Gasteiger partial charge on any atom is -0.392 e. The summed E-state index contributed by atoms with van der Waals surface area (Å²) in [7, 11) is 3.27. The average molecular weight is 419 g/mol. The zero-order valence-corrected chi connectivity index (χ0v) is 17.5. The fourth-order valence-corrected chi connectivity index (χ4v) is 2.90. The maximum absolute atomic E-state index is 9.40. The number of nitrogens with zero attached hydrogens (tertiary/aromatic N) is 4. The van der Waals surface area contributed by atoms with Gasteiger partial charge in [-0.15, -0.1) is 5.11 Å². The number of azo groups is 1. The molecule has 0 heterocycles. The summed E-state index contributed by atoms with van der Waals surface area (Å²) in [6, 6.07) is 20.6. The highest BCUT2D eigenvalue weighted by molar-refractivity contribution is 5.55. The molecular weight excluding hydrogens is 394 g/mol. The number of methoxy groups -OCH3 is 2. The van der Waals surface area contributed by atoms with Crippen LogP contribution in [0.25, 0.3) is 0 Å². The van der Waals surface area contributed by atoms with Crippen molar-refractivity contribution in [2.24, 2.45) is 20.6 Å². The van der Waals surface area contributed by atoms with Crippen LogP contribution < -0.4 is 5.43 Å². The van der Waals surface area contributed by atoms with Gasteiger partial charge in [-0.3, -0.25) is 5.43 Å². The van der Waals surface area contributed by atoms with Gasteiger partial charge in [0.1, 0.15) is 0 Å². The van der Waals surface area contributed by atoms with Crippen molar-refractivity contribution in [1.29, 1.82) is 0 Å². The Hall–Kier alpha value is -3.46. The topological polar surface area (TPSA) is 100 Å². The highest BCUT2D eigenvalue weighted by Crippen LogP contribution is 2.28. The van der Waals surface area contributed by atoms with Gasteiger partial charge in [-0.1, -0.05) is 41.6 Å². The van der Waals surface area contributed by atoms with Crippen molar-refractivity contribution in [2.45, 2.75) is 19.8 Å². The van der Waals surface area contributed by atoms with Crippen molar-refractivity contribution in [2.75, 3.05) is 19.6 Å². The van der Waals surface area contributed by atoms with E-state index in [-0.39, 0.29) is 6.61 Å². The van der Waals surface area contributed by atoms with Crippen molar-refractivity contribution >= 4 is 22.7 Å². The van der Waals surface area contributed by atoms with Gasteiger partial charge in [-0.25, -0.2) is 0 Å². The van der Waals surface area contributed by atoms with Crippen LogP contribution in [0, 0.1) is 0 Å². The number of ether oxygens (including phenoxy) is 2. The molecule has 0 spiro atoms. The number of aliphatic hydroxyl groups is 1. The molecule has 8 nitrogen and oxygen atoms in total. The predicted molar refractivity (Wildman–Crippen MR) is 119 cm³/mol. The van der Waals surface area contributed by atoms with Gasteiger partial charge in [0.2, 0.25) is 0 Å². The molecule has 0 radical (unpaired) electrons. The molecule has 0 aliphatic carbocycles. The third-order valence-corrected chi connectivity index (χ3v) is 4.44. The molecule has 0 saturated heterocycles. The Bertz CT molecular complexity index is 1050. The molecule has 0 atom stereocenters. The molecule has 0 bridgehead atoms. The number of anilines is 1. The van der Waals surface area contributed by atoms with Gasteiger partial charge in [-0.2, -0.15) is 10.2 Å². The average Bonchev–Trinajstić information content (AvgIpc) is 2.80. The van der Waals surface area contributed by atoms with Crippen molar-refractivity contribution in [1.82, 2.24) is 0 Å². The minimum absolute atomic E-state index is 0.0825. The Balaban J connectivity index is 1.78. The van der Waals surface area contributed by atoms with E-state index in [1.165, 1.54) is 0 Å². The fraction of sp³-hybridized carbons (Fsp3) is 0.217. The largest absolute Gasteiger partial charge is 0.392 e. The van der Waals surface area contributed by atoms with Crippen LogP contribution in [0.1, 0.15) is 16.7 Å². The predicted octanol–water partition coefficient (Wildman–Crippen LogP) is 6.00. The summed E-state index contributed by atoms with van der Waals surface area (Å²) in [5.41, 5.74) is 8.17. The second-order valence-corrected chi connectivity index (χ2v) is 6.63. The molecule has 0 saturated carbocycles. The van der Waals surface area contributed by atoms with Gasteiger partial charge in [0.05, 0.1) is 42.6 Å². The van der Waals surface area contributed by atoms with Crippen LogP contribution in [0.5, 0.6) is 0 Å². The number of nitrogens with one attached hydrogen (secondary N) is 1. The lowest BCUT2D eigenvalue weighted by Crippen LogP contribution is -1.94. The Morgan fingerprint density at radius 1 is 0.742 bits per heavy atom. The van der Waals surface area contributed by atoms with Crippen LogP contribution in [-0.2, 0) is 29.3 Å². The van der Waals surface area contributed by atoms with Crippen LogP contribution in [-0.4, -0.2) is 19.3 Å². The molecule has 0 unspecified atom stereocenters. The molecule has 2 N–H and O–H groups in total. The highest BCUT2D eigenvalue weighted by Gasteiger charge is 2.05. The van der Waals surface area contributed by atoms with Gasteiger partial charge >= 0.3 is 0 Å². The van der Waals surface area contributed by atoms with Gasteiger partial charge in [-0.05, 0) is 30.3 Å². The summed E-state index contributed by atoms with van der Waals surface area (Å²) in [4.78, 5) is 0. The monoisotopic (exact) mass is 419 g/mol. The zero-order valence-electron chi connectivity index (χ0n) is 17.5. The first-order valence-electron chi connectivity index (χ1n) is 9.71. The van der Waals surface area contributed by atoms with Gasteiger partial charge in [0.25, 0.3) is 0 Å². The molecule has 0 aliphatic rings. The summed E-state index contributed by atoms with van der Waals surface area (Å²) >= 11 is 0. The van der Waals surface area contributed by atoms with Crippen molar-refractivity contribution in [3.05, 3.63) is 83.4 Å². The van der Waals surface area contributed by atoms with Crippen molar-refractivity contribution in [3.8, 4) is 0 Å². The van der Waals surface area contributed by atoms with E-state index in [1.807, 2.05) is 66.7 Å². The quantitative estimate of drug-likeness (QED) is 0.311. The van der Waals surface area contributed by atoms with E-state index in [2.05, 4.69) is 26.0 Å². The Morgan fingerprint density at radius 3 is 2.19 bits per heavy atom. The molecule has 0 aromatic heterocycles. The number of para-hydroxylation sites is 1. The van der Waals surface area contributed by atoms with E-state index in [0.717, 1.165) is 22.4 Å². The normalized spacial score (nSPS) is 11.5. The highest BCUT2D eigenvalue weighted by atomic mass is 16.5. The number of benzene rings is 3. The van der Waals surface area contributed by atoms with E-state index in [1.54, 1.807) is 14.2 Å². The van der Waals surface area contributed by atoms with E-state index < -0.39 is 0 Å². The minimum atomic E-state index is -0.0825. The summed E-state index contributed by atoms with van der Waals surface area (Å²) in [6.45, 7) is 0.738. The molecular formula is C23H25N5O3. The Labute approximate surface area is 181 Å². The number of hydrogen-bond donors (Lipinski definition) is 2. The fourth-order valence-electron chi connectivity index (χ4n) is 2.90. The van der Waals surface area contributed by atoms with Crippen LogP contribution in [0.4, 0.5) is 22.7 Å². The number of hydrogen-bond acceptors (Lipinski definition) is 7. The summed E-state index contributed by atoms with van der Waals surface area (Å²) in [6.07, 6.45) is 0. The molecule has 0 aliphatic heterocycles. The standard InChI is InChI=1S/C23H25N5O3/c1-30-15-18-8-4-6-10-22(18)25-24-20-11-12-23(19(13-20)16-31-2)27-28-26-21-9-5-3-7-17(21)14-29/h3-13,29H,14-16H2,1-2H3,(H,26,27)/b25-24+. The van der Waals surface area contributed by atoms with Gasteiger partial charge in [0, 0.05) is 30.9 Å². The maximum Gasteiger partial charge on any atom is 0.0931 e. The van der Waals surface area contributed by atoms with Crippen LogP contribution in [0.15, 0.2) is 87.3 Å². The number of aliphatic hydroxyl groups excluding tert-OH is 1. The van der Waals surface area contributed by atoms with Crippen molar-refractivity contribution < 1.29 is 14.6 Å². The molecule has 0 amide bonds. The third-order valence-electron chi connectivity index (χ3n) is 4.44. The van der Waals surface area contributed by atoms with Gasteiger partial charge in [0.15, 0.2) is 0 Å². The first kappa shape index (κ1) is 22.2. The second-order valence-electron chi connectivity index (χ2n) is 6.63. The molecule has 31 heavy (non-hydrogen) atoms. The Kier molecular flexibility index (Phi) is 8.36. The van der Waals surface area contributed by atoms with Crippen LogP contribution in [0.2, 0.25) is 0 Å². The smallest absolute Gasteiger partial charge is 0.0931 e. The molecule has 0 fully saturated rings. The summed E-state index contributed by atoms with van der Waals surface area (Å²) in [5, 5.41) is 26.4. The molecule has 8 heteroatoms. The molecule has 3 aromatic rings. The third kappa shape index (κ3) is 6.26. The van der Waals surface area contributed by atoms with E-state index in [0.29, 0.717) is 30.3 Å². The van der Waals surface area contributed by atoms with Crippen molar-refractivity contribution in [3.63, 3.8) is 0 Å². The second kappa shape index (κ2) is 11.7. The number of rotatable bonds is 10. The molecule has 160 valence electrons. The Morgan fingerprint density at radius 2 is 1.42 bits per heavy atom. The van der Waals surface area contributed by atoms with Crippen LogP contribution >= 0.6 is 0 Å². The SMILES string of the molecule is COCc1cc(/N=N/c2ccccc2COC)ccc1/N=N/Nc1ccccc1CO. The molecule has 3 aromatic carbocycles. The lowest BCUT2D eigenvalue weighted by molar-refractivity contribution is 0.185. The zero-order chi connectivity index (χ0) is 21.9. The maximum atomic E-state index is 9.40. The molecule has 3 rings (SSSR count). The summed E-state index contributed by atoms with van der Waals surface area (Å²) in [5.74, 6) is 0. The summed E-state index contributed by atoms with van der Waals surface area (Å²) < 4.78 is 10.5. The van der Waals surface area contributed by atoms with E-state index in [9.17, 15) is 5.11 Å². The van der Waals surface area contributed by atoms with Crippen LogP contribution in [0.3, 0.4) is 0 Å². The van der Waals surface area contributed by atoms with E-state index in [4.69, 9.17) is 9.47 Å². The first-order valence-corrected chi connectivity index (χ1v) is 9.71.